The van der Waals surface area contributed by atoms with E-state index in [9.17, 15) is 18.0 Å². The third kappa shape index (κ3) is 4.55. The topological polar surface area (TPSA) is 101 Å². The van der Waals surface area contributed by atoms with Gasteiger partial charge in [0.2, 0.25) is 5.91 Å². The number of carboxylic acids is 1. The van der Waals surface area contributed by atoms with Gasteiger partial charge in [0.1, 0.15) is 0 Å². The lowest BCUT2D eigenvalue weighted by atomic mass is 10.1. The zero-order valence-corrected chi connectivity index (χ0v) is 14.3. The van der Waals surface area contributed by atoms with Crippen molar-refractivity contribution in [1.29, 1.82) is 0 Å². The number of carbonyl (C=O) groups is 2. The van der Waals surface area contributed by atoms with Crippen LogP contribution >= 0.6 is 0 Å². The van der Waals surface area contributed by atoms with Crippen LogP contribution in [0.15, 0.2) is 29.2 Å². The van der Waals surface area contributed by atoms with Crippen LogP contribution in [-0.4, -0.2) is 61.9 Å². The first-order valence-electron chi connectivity index (χ1n) is 7.77. The van der Waals surface area contributed by atoms with Gasteiger partial charge >= 0.3 is 5.97 Å². The van der Waals surface area contributed by atoms with E-state index in [0.29, 0.717) is 13.0 Å². The Bertz CT molecular complexity index is 698. The van der Waals surface area contributed by atoms with Crippen LogP contribution in [0.4, 0.5) is 0 Å². The van der Waals surface area contributed by atoms with E-state index in [0.717, 1.165) is 5.56 Å². The Balaban J connectivity index is 1.91. The smallest absolute Gasteiger partial charge is 0.334 e. The molecular formula is C16H21NO6S. The molecule has 0 saturated carbocycles. The SMILES string of the molecule is CCS(=O)(=O)c1ccc(CCC(=O)N2CCOC(C(=O)O)C2)cc1. The second kappa shape index (κ2) is 7.76. The first-order valence-corrected chi connectivity index (χ1v) is 9.42. The molecule has 7 nitrogen and oxygen atoms in total. The van der Waals surface area contributed by atoms with Crippen molar-refractivity contribution in [1.82, 2.24) is 4.90 Å². The van der Waals surface area contributed by atoms with Crippen molar-refractivity contribution in [2.75, 3.05) is 25.4 Å². The van der Waals surface area contributed by atoms with Crippen molar-refractivity contribution < 1.29 is 27.9 Å². The first-order chi connectivity index (χ1) is 11.3. The van der Waals surface area contributed by atoms with Crippen LogP contribution in [-0.2, 0) is 30.6 Å². The molecule has 0 bridgehead atoms. The van der Waals surface area contributed by atoms with E-state index in [1.165, 1.54) is 4.90 Å². The number of benzene rings is 1. The molecule has 1 amide bonds. The van der Waals surface area contributed by atoms with Crippen LogP contribution in [0.1, 0.15) is 18.9 Å². The summed E-state index contributed by atoms with van der Waals surface area (Å²) in [6, 6.07) is 6.51. The summed E-state index contributed by atoms with van der Waals surface area (Å²) in [6.45, 7) is 2.25. The van der Waals surface area contributed by atoms with Crippen molar-refractivity contribution in [2.24, 2.45) is 0 Å². The van der Waals surface area contributed by atoms with Gasteiger partial charge in [-0.2, -0.15) is 0 Å². The van der Waals surface area contributed by atoms with E-state index in [1.54, 1.807) is 31.2 Å². The molecule has 0 aromatic heterocycles. The number of aryl methyl sites for hydroxylation is 1. The monoisotopic (exact) mass is 355 g/mol. The van der Waals surface area contributed by atoms with Gasteiger partial charge in [-0.25, -0.2) is 13.2 Å². The number of rotatable bonds is 6. The Kier molecular flexibility index (Phi) is 5.95. The molecule has 1 atom stereocenters. The number of ether oxygens (including phenoxy) is 1. The molecule has 0 aliphatic carbocycles. The summed E-state index contributed by atoms with van der Waals surface area (Å²) in [6.07, 6.45) is -0.256. The molecule has 1 saturated heterocycles. The molecule has 1 aromatic rings. The average molecular weight is 355 g/mol. The maximum Gasteiger partial charge on any atom is 0.334 e. The van der Waals surface area contributed by atoms with E-state index in [2.05, 4.69) is 0 Å². The van der Waals surface area contributed by atoms with Gasteiger partial charge in [-0.15, -0.1) is 0 Å². The van der Waals surface area contributed by atoms with Crippen LogP contribution in [0.5, 0.6) is 0 Å². The van der Waals surface area contributed by atoms with Crippen LogP contribution in [0, 0.1) is 0 Å². The number of carbonyl (C=O) groups excluding carboxylic acids is 1. The summed E-state index contributed by atoms with van der Waals surface area (Å²) in [5.41, 5.74) is 0.862. The summed E-state index contributed by atoms with van der Waals surface area (Å²) in [7, 11) is -3.22. The van der Waals surface area contributed by atoms with Gasteiger partial charge in [0.15, 0.2) is 15.9 Å². The van der Waals surface area contributed by atoms with Crippen molar-refractivity contribution in [3.05, 3.63) is 29.8 Å². The molecule has 8 heteroatoms. The van der Waals surface area contributed by atoms with Gasteiger partial charge < -0.3 is 14.7 Å². The van der Waals surface area contributed by atoms with Gasteiger partial charge in [-0.1, -0.05) is 19.1 Å². The lowest BCUT2D eigenvalue weighted by Gasteiger charge is -2.31. The van der Waals surface area contributed by atoms with Gasteiger partial charge in [-0.3, -0.25) is 4.79 Å². The Morgan fingerprint density at radius 1 is 1.29 bits per heavy atom. The maximum atomic E-state index is 12.2. The lowest BCUT2D eigenvalue weighted by molar-refractivity contribution is -0.159. The highest BCUT2D eigenvalue weighted by molar-refractivity contribution is 7.91. The van der Waals surface area contributed by atoms with Gasteiger partial charge in [0, 0.05) is 13.0 Å². The van der Waals surface area contributed by atoms with Crippen molar-refractivity contribution in [3.63, 3.8) is 0 Å². The largest absolute Gasteiger partial charge is 0.479 e. The highest BCUT2D eigenvalue weighted by atomic mass is 32.2. The summed E-state index contributed by atoms with van der Waals surface area (Å²) in [5, 5.41) is 8.95. The van der Waals surface area contributed by atoms with Gasteiger partial charge in [-0.05, 0) is 24.1 Å². The van der Waals surface area contributed by atoms with Crippen LogP contribution in [0.3, 0.4) is 0 Å². The molecule has 132 valence electrons. The standard InChI is InChI=1S/C16H21NO6S/c1-2-24(21,22)13-6-3-12(4-7-13)5-8-15(18)17-9-10-23-14(11-17)16(19)20/h3-4,6-7,14H,2,5,8-11H2,1H3,(H,19,20). The average Bonchev–Trinajstić information content (AvgIpc) is 2.60. The Morgan fingerprint density at radius 2 is 1.96 bits per heavy atom. The summed E-state index contributed by atoms with van der Waals surface area (Å²) in [5.74, 6) is -1.15. The van der Waals surface area contributed by atoms with Crippen LogP contribution < -0.4 is 0 Å². The molecule has 2 rings (SSSR count). The fourth-order valence-corrected chi connectivity index (χ4v) is 3.35. The molecule has 0 radical (unpaired) electrons. The highest BCUT2D eigenvalue weighted by Gasteiger charge is 2.28. The molecule has 1 aliphatic heterocycles. The molecule has 1 aromatic carbocycles. The molecule has 1 aliphatic rings. The summed E-state index contributed by atoms with van der Waals surface area (Å²) in [4.78, 5) is 24.9. The first kappa shape index (κ1) is 18.4. The minimum absolute atomic E-state index is 0.0482. The second-order valence-corrected chi connectivity index (χ2v) is 7.86. The number of morpholine rings is 1. The Labute approximate surface area is 141 Å². The van der Waals surface area contributed by atoms with E-state index in [4.69, 9.17) is 9.84 Å². The molecule has 1 heterocycles. The minimum atomic E-state index is -3.22. The van der Waals surface area contributed by atoms with Crippen LogP contribution in [0.2, 0.25) is 0 Å². The number of aliphatic carboxylic acids is 1. The van der Waals surface area contributed by atoms with Gasteiger partial charge in [0.25, 0.3) is 0 Å². The third-order valence-corrected chi connectivity index (χ3v) is 5.74. The number of amides is 1. The van der Waals surface area contributed by atoms with E-state index in [-0.39, 0.29) is 36.1 Å². The number of carboxylic acid groups (broad SMARTS) is 1. The van der Waals surface area contributed by atoms with E-state index in [1.807, 2.05) is 0 Å². The summed E-state index contributed by atoms with van der Waals surface area (Å²) < 4.78 is 28.6. The number of hydrogen-bond donors (Lipinski definition) is 1. The fourth-order valence-electron chi connectivity index (χ4n) is 2.46. The highest BCUT2D eigenvalue weighted by Crippen LogP contribution is 2.14. The van der Waals surface area contributed by atoms with Crippen molar-refractivity contribution >= 4 is 21.7 Å². The van der Waals surface area contributed by atoms with E-state index >= 15 is 0 Å². The van der Waals surface area contributed by atoms with E-state index < -0.39 is 21.9 Å². The summed E-state index contributed by atoms with van der Waals surface area (Å²) >= 11 is 0. The molecular weight excluding hydrogens is 334 g/mol. The predicted octanol–water partition coefficient (Wildman–Crippen LogP) is 0.725. The van der Waals surface area contributed by atoms with Crippen molar-refractivity contribution in [3.8, 4) is 0 Å². The lowest BCUT2D eigenvalue weighted by Crippen LogP contribution is -2.48. The zero-order chi connectivity index (χ0) is 17.7. The Morgan fingerprint density at radius 3 is 2.54 bits per heavy atom. The number of nitrogens with zero attached hydrogens (tertiary/aromatic N) is 1. The Hall–Kier alpha value is -1.93. The second-order valence-electron chi connectivity index (χ2n) is 5.58. The van der Waals surface area contributed by atoms with Crippen LogP contribution in [0.25, 0.3) is 0 Å². The van der Waals surface area contributed by atoms with Gasteiger partial charge in [0.05, 0.1) is 23.8 Å². The molecule has 1 N–H and O–H groups in total. The zero-order valence-electron chi connectivity index (χ0n) is 13.5. The quantitative estimate of drug-likeness (QED) is 0.807. The molecule has 1 fully saturated rings. The minimum Gasteiger partial charge on any atom is -0.479 e. The molecule has 1 unspecified atom stereocenters. The number of sulfone groups is 1. The molecule has 24 heavy (non-hydrogen) atoms. The maximum absolute atomic E-state index is 12.2. The normalized spacial score (nSPS) is 18.4. The third-order valence-electron chi connectivity index (χ3n) is 3.98. The van der Waals surface area contributed by atoms with Crippen molar-refractivity contribution in [2.45, 2.75) is 30.8 Å². The number of hydrogen-bond acceptors (Lipinski definition) is 5. The molecule has 0 spiro atoms. The fraction of sp³-hybridized carbons (Fsp3) is 0.500. The predicted molar refractivity (Wildman–Crippen MR) is 86.4 cm³/mol.